The number of carbonyl (C=O) groups is 1. The van der Waals surface area contributed by atoms with Crippen LogP contribution in [-0.2, 0) is 4.79 Å². The van der Waals surface area contributed by atoms with Crippen LogP contribution >= 0.6 is 0 Å². The van der Waals surface area contributed by atoms with Crippen LogP contribution in [0.4, 0.5) is 0 Å². The molecule has 2 aliphatic rings. The molecule has 0 saturated carbocycles. The number of rotatable bonds is 4. The molecule has 21 heavy (non-hydrogen) atoms. The summed E-state index contributed by atoms with van der Waals surface area (Å²) in [6, 6.07) is 0. The quantitative estimate of drug-likeness (QED) is 0.827. The van der Waals surface area contributed by atoms with E-state index in [9.17, 15) is 9.90 Å². The molecule has 2 aliphatic heterocycles. The highest BCUT2D eigenvalue weighted by Gasteiger charge is 2.26. The number of amides is 1. The lowest BCUT2D eigenvalue weighted by atomic mass is 9.99. The Morgan fingerprint density at radius 3 is 2.10 bits per heavy atom. The second-order valence-corrected chi connectivity index (χ2v) is 7.43. The molecule has 2 fully saturated rings. The van der Waals surface area contributed by atoms with Gasteiger partial charge in [-0.05, 0) is 32.6 Å². The molecule has 0 aromatic heterocycles. The van der Waals surface area contributed by atoms with Crippen molar-refractivity contribution in [2.24, 2.45) is 5.92 Å². The largest absolute Gasteiger partial charge is 0.389 e. The number of carbonyl (C=O) groups excluding carboxylic acids is 1. The third kappa shape index (κ3) is 5.57. The van der Waals surface area contributed by atoms with Gasteiger partial charge in [0.1, 0.15) is 0 Å². The summed E-state index contributed by atoms with van der Waals surface area (Å²) < 4.78 is 0. The van der Waals surface area contributed by atoms with E-state index >= 15 is 0 Å². The summed E-state index contributed by atoms with van der Waals surface area (Å²) in [5, 5.41) is 9.86. The molecule has 0 unspecified atom stereocenters. The summed E-state index contributed by atoms with van der Waals surface area (Å²) in [6.45, 7) is 12.8. The number of likely N-dealkylation sites (tertiary alicyclic amines) is 1. The van der Waals surface area contributed by atoms with Crippen molar-refractivity contribution < 1.29 is 9.90 Å². The topological polar surface area (TPSA) is 47.0 Å². The van der Waals surface area contributed by atoms with E-state index in [2.05, 4.69) is 16.7 Å². The summed E-state index contributed by atoms with van der Waals surface area (Å²) in [5.41, 5.74) is -0.636. The van der Waals surface area contributed by atoms with E-state index in [0.29, 0.717) is 13.1 Å². The molecule has 2 rings (SSSR count). The molecule has 5 nitrogen and oxygen atoms in total. The van der Waals surface area contributed by atoms with Gasteiger partial charge in [0.05, 0.1) is 12.1 Å². The van der Waals surface area contributed by atoms with Crippen molar-refractivity contribution in [3.63, 3.8) is 0 Å². The molecule has 122 valence electrons. The number of hydrogen-bond donors (Lipinski definition) is 1. The average molecular weight is 297 g/mol. The molecule has 0 atom stereocenters. The van der Waals surface area contributed by atoms with Crippen LogP contribution < -0.4 is 0 Å². The first-order valence-electron chi connectivity index (χ1n) is 8.28. The fraction of sp³-hybridized carbons (Fsp3) is 0.938. The number of β-amino-alcohol motifs (C(OH)–C–C–N with tert-alkyl or cyclic N) is 1. The van der Waals surface area contributed by atoms with Crippen LogP contribution in [0.5, 0.6) is 0 Å². The third-order valence-corrected chi connectivity index (χ3v) is 4.57. The maximum atomic E-state index is 12.3. The first kappa shape index (κ1) is 16.7. The first-order chi connectivity index (χ1) is 9.83. The Kier molecular flexibility index (Phi) is 5.63. The van der Waals surface area contributed by atoms with E-state index in [4.69, 9.17) is 0 Å². The van der Waals surface area contributed by atoms with Gasteiger partial charge in [-0.3, -0.25) is 14.6 Å². The highest BCUT2D eigenvalue weighted by molar-refractivity contribution is 5.78. The Bertz CT molecular complexity index is 338. The minimum Gasteiger partial charge on any atom is -0.389 e. The molecule has 2 heterocycles. The fourth-order valence-electron chi connectivity index (χ4n) is 3.20. The molecule has 0 spiro atoms. The Morgan fingerprint density at radius 2 is 1.57 bits per heavy atom. The van der Waals surface area contributed by atoms with Gasteiger partial charge in [0.25, 0.3) is 0 Å². The lowest BCUT2D eigenvalue weighted by Gasteiger charge is -2.38. The Hall–Kier alpha value is -0.650. The van der Waals surface area contributed by atoms with E-state index in [-0.39, 0.29) is 5.91 Å². The summed E-state index contributed by atoms with van der Waals surface area (Å²) in [5.74, 6) is 1.05. The minimum atomic E-state index is -0.636. The van der Waals surface area contributed by atoms with Crippen molar-refractivity contribution in [1.82, 2.24) is 14.7 Å². The summed E-state index contributed by atoms with van der Waals surface area (Å²) in [4.78, 5) is 18.9. The predicted molar refractivity (Wildman–Crippen MR) is 84.2 cm³/mol. The van der Waals surface area contributed by atoms with Gasteiger partial charge in [-0.1, -0.05) is 6.92 Å². The molecular formula is C16H31N3O2. The number of nitrogens with zero attached hydrogens (tertiary/aromatic N) is 3. The SMILES string of the molecule is CC1CCN(C(=O)CN2CCN(CC(C)(C)O)CC2)CC1. The Morgan fingerprint density at radius 1 is 1.05 bits per heavy atom. The van der Waals surface area contributed by atoms with Crippen molar-refractivity contribution in [3.05, 3.63) is 0 Å². The second kappa shape index (κ2) is 7.07. The van der Waals surface area contributed by atoms with E-state index in [1.807, 2.05) is 18.7 Å². The Balaban J connectivity index is 1.69. The van der Waals surface area contributed by atoms with Crippen molar-refractivity contribution in [2.75, 3.05) is 52.4 Å². The number of piperidine rings is 1. The molecular weight excluding hydrogens is 266 g/mol. The molecule has 0 aromatic rings. The number of piperazine rings is 1. The van der Waals surface area contributed by atoms with Gasteiger partial charge >= 0.3 is 0 Å². The van der Waals surface area contributed by atoms with Gasteiger partial charge in [0.15, 0.2) is 0 Å². The molecule has 0 radical (unpaired) electrons. The minimum absolute atomic E-state index is 0.290. The summed E-state index contributed by atoms with van der Waals surface area (Å²) >= 11 is 0. The normalized spacial score (nSPS) is 23.5. The molecule has 2 saturated heterocycles. The van der Waals surface area contributed by atoms with Crippen LogP contribution in [0.3, 0.4) is 0 Å². The van der Waals surface area contributed by atoms with E-state index in [1.165, 1.54) is 0 Å². The van der Waals surface area contributed by atoms with Crippen LogP contribution in [0.1, 0.15) is 33.6 Å². The van der Waals surface area contributed by atoms with Gasteiger partial charge in [-0.25, -0.2) is 0 Å². The Labute approximate surface area is 128 Å². The zero-order valence-corrected chi connectivity index (χ0v) is 13.8. The molecule has 0 aliphatic carbocycles. The zero-order valence-electron chi connectivity index (χ0n) is 13.8. The van der Waals surface area contributed by atoms with Crippen molar-refractivity contribution in [2.45, 2.75) is 39.2 Å². The summed E-state index contributed by atoms with van der Waals surface area (Å²) in [7, 11) is 0. The zero-order chi connectivity index (χ0) is 15.5. The first-order valence-corrected chi connectivity index (χ1v) is 8.28. The molecule has 0 bridgehead atoms. The van der Waals surface area contributed by atoms with Crippen LogP contribution in [0.15, 0.2) is 0 Å². The maximum Gasteiger partial charge on any atom is 0.236 e. The van der Waals surface area contributed by atoms with Gasteiger partial charge in [-0.2, -0.15) is 0 Å². The lowest BCUT2D eigenvalue weighted by molar-refractivity contribution is -0.134. The van der Waals surface area contributed by atoms with Crippen LogP contribution in [-0.4, -0.2) is 83.7 Å². The molecule has 1 N–H and O–H groups in total. The molecule has 0 aromatic carbocycles. The van der Waals surface area contributed by atoms with Crippen molar-refractivity contribution in [3.8, 4) is 0 Å². The standard InChI is InChI=1S/C16H31N3O2/c1-14-4-6-19(7-5-14)15(20)12-17-8-10-18(11-9-17)13-16(2,3)21/h14,21H,4-13H2,1-3H3. The van der Waals surface area contributed by atoms with Gasteiger partial charge < -0.3 is 10.0 Å². The summed E-state index contributed by atoms with van der Waals surface area (Å²) in [6.07, 6.45) is 2.29. The fourth-order valence-corrected chi connectivity index (χ4v) is 3.20. The highest BCUT2D eigenvalue weighted by Crippen LogP contribution is 2.16. The lowest BCUT2D eigenvalue weighted by Crippen LogP contribution is -2.53. The smallest absolute Gasteiger partial charge is 0.236 e. The molecule has 5 heteroatoms. The predicted octanol–water partition coefficient (Wildman–Crippen LogP) is 0.633. The van der Waals surface area contributed by atoms with Gasteiger partial charge in [0, 0.05) is 45.8 Å². The number of hydrogen-bond acceptors (Lipinski definition) is 4. The van der Waals surface area contributed by atoms with Gasteiger partial charge in [0.2, 0.25) is 5.91 Å². The van der Waals surface area contributed by atoms with E-state index in [1.54, 1.807) is 0 Å². The average Bonchev–Trinajstić information content (AvgIpc) is 2.40. The number of aliphatic hydroxyl groups is 1. The maximum absolute atomic E-state index is 12.3. The van der Waals surface area contributed by atoms with Crippen LogP contribution in [0.2, 0.25) is 0 Å². The monoisotopic (exact) mass is 297 g/mol. The van der Waals surface area contributed by atoms with Crippen molar-refractivity contribution in [1.29, 1.82) is 0 Å². The van der Waals surface area contributed by atoms with Crippen LogP contribution in [0, 0.1) is 5.92 Å². The van der Waals surface area contributed by atoms with E-state index in [0.717, 1.165) is 58.0 Å². The molecule has 1 amide bonds. The third-order valence-electron chi connectivity index (χ3n) is 4.57. The second-order valence-electron chi connectivity index (χ2n) is 7.43. The van der Waals surface area contributed by atoms with E-state index < -0.39 is 5.60 Å². The van der Waals surface area contributed by atoms with Gasteiger partial charge in [-0.15, -0.1) is 0 Å². The van der Waals surface area contributed by atoms with Crippen molar-refractivity contribution >= 4 is 5.91 Å². The highest BCUT2D eigenvalue weighted by atomic mass is 16.3. The van der Waals surface area contributed by atoms with Crippen LogP contribution in [0.25, 0.3) is 0 Å².